The number of ether oxygens (including phenoxy) is 1. The van der Waals surface area contributed by atoms with Crippen molar-refractivity contribution in [2.75, 3.05) is 18.2 Å². The van der Waals surface area contributed by atoms with E-state index in [0.717, 1.165) is 0 Å². The molecule has 28 heavy (non-hydrogen) atoms. The van der Waals surface area contributed by atoms with Crippen molar-refractivity contribution >= 4 is 38.8 Å². The van der Waals surface area contributed by atoms with Crippen molar-refractivity contribution in [3.8, 4) is 11.5 Å². The van der Waals surface area contributed by atoms with Crippen LogP contribution < -0.4 is 10.1 Å². The minimum Gasteiger partial charge on any atom is -0.506 e. The quantitative estimate of drug-likeness (QED) is 0.495. The molecule has 0 saturated heterocycles. The predicted octanol–water partition coefficient (Wildman–Crippen LogP) is 3.45. The van der Waals surface area contributed by atoms with Gasteiger partial charge in [-0.15, -0.1) is 0 Å². The molecule has 1 amide bonds. The lowest BCUT2D eigenvalue weighted by Gasteiger charge is -2.10. The molecule has 0 atom stereocenters. The zero-order valence-electron chi connectivity index (χ0n) is 15.4. The summed E-state index contributed by atoms with van der Waals surface area (Å²) in [6, 6.07) is 8.26. The third kappa shape index (κ3) is 5.24. The molecule has 2 rings (SSSR count). The first kappa shape index (κ1) is 21.7. The summed E-state index contributed by atoms with van der Waals surface area (Å²) < 4.78 is 29.0. The maximum Gasteiger partial charge on any atom is 0.224 e. The van der Waals surface area contributed by atoms with E-state index in [9.17, 15) is 23.1 Å². The summed E-state index contributed by atoms with van der Waals surface area (Å²) in [5, 5.41) is 12.7. The highest BCUT2D eigenvalue weighted by atomic mass is 35.5. The maximum absolute atomic E-state index is 12.4. The van der Waals surface area contributed by atoms with Gasteiger partial charge >= 0.3 is 0 Å². The number of carbonyl (C=O) groups excluding carboxylic acids is 2. The van der Waals surface area contributed by atoms with Crippen LogP contribution >= 0.6 is 11.6 Å². The van der Waals surface area contributed by atoms with Crippen LogP contribution in [0.5, 0.6) is 11.5 Å². The average Bonchev–Trinajstić information content (AvgIpc) is 2.67. The van der Waals surface area contributed by atoms with E-state index in [2.05, 4.69) is 5.32 Å². The smallest absolute Gasteiger partial charge is 0.224 e. The Morgan fingerprint density at radius 3 is 2.50 bits per heavy atom. The second-order valence-corrected chi connectivity index (χ2v) is 8.61. The summed E-state index contributed by atoms with van der Waals surface area (Å²) in [7, 11) is -2.07. The van der Waals surface area contributed by atoms with Crippen molar-refractivity contribution in [1.29, 1.82) is 0 Å². The Balaban J connectivity index is 2.08. The number of hydrogen-bond acceptors (Lipinski definition) is 6. The molecule has 0 radical (unpaired) electrons. The number of nitrogens with one attached hydrogen (secondary N) is 1. The molecule has 2 N–H and O–H groups in total. The Bertz CT molecular complexity index is 1000. The van der Waals surface area contributed by atoms with Crippen LogP contribution in [-0.2, 0) is 14.6 Å². The number of halogens is 1. The van der Waals surface area contributed by atoms with Gasteiger partial charge in [-0.05, 0) is 36.4 Å². The first-order chi connectivity index (χ1) is 13.2. The number of hydrogen-bond donors (Lipinski definition) is 2. The van der Waals surface area contributed by atoms with Gasteiger partial charge < -0.3 is 15.2 Å². The normalized spacial score (nSPS) is 11.1. The average molecular weight is 426 g/mol. The van der Waals surface area contributed by atoms with Crippen LogP contribution in [0.1, 0.15) is 30.1 Å². The number of anilines is 1. The zero-order valence-corrected chi connectivity index (χ0v) is 16.9. The molecule has 0 aliphatic heterocycles. The highest BCUT2D eigenvalue weighted by molar-refractivity contribution is 7.91. The number of phenols is 1. The number of methoxy groups -OCH3 is 1. The Morgan fingerprint density at radius 2 is 1.86 bits per heavy atom. The number of aromatic hydroxyl groups is 1. The van der Waals surface area contributed by atoms with Crippen LogP contribution in [0.15, 0.2) is 41.3 Å². The first-order valence-electron chi connectivity index (χ1n) is 8.40. The molecule has 0 aliphatic carbocycles. The van der Waals surface area contributed by atoms with E-state index >= 15 is 0 Å². The lowest BCUT2D eigenvalue weighted by molar-refractivity contribution is -0.116. The number of carbonyl (C=O) groups is 2. The summed E-state index contributed by atoms with van der Waals surface area (Å²) in [4.78, 5) is 24.5. The van der Waals surface area contributed by atoms with E-state index in [1.54, 1.807) is 12.1 Å². The van der Waals surface area contributed by atoms with E-state index in [1.165, 1.54) is 38.3 Å². The number of benzene rings is 2. The third-order valence-electron chi connectivity index (χ3n) is 4.02. The van der Waals surface area contributed by atoms with Crippen LogP contribution in [-0.4, -0.2) is 38.1 Å². The van der Waals surface area contributed by atoms with E-state index in [4.69, 9.17) is 16.3 Å². The monoisotopic (exact) mass is 425 g/mol. The minimum atomic E-state index is -3.49. The first-order valence-corrected chi connectivity index (χ1v) is 10.4. The van der Waals surface area contributed by atoms with E-state index in [-0.39, 0.29) is 46.3 Å². The van der Waals surface area contributed by atoms with Gasteiger partial charge in [-0.1, -0.05) is 18.5 Å². The lowest BCUT2D eigenvalue weighted by atomic mass is 10.1. The van der Waals surface area contributed by atoms with E-state index in [1.807, 2.05) is 0 Å². The Kier molecular flexibility index (Phi) is 7.04. The van der Waals surface area contributed by atoms with Crippen LogP contribution in [0.2, 0.25) is 5.02 Å². The van der Waals surface area contributed by atoms with Crippen molar-refractivity contribution in [2.24, 2.45) is 0 Å². The molecule has 0 aliphatic rings. The highest BCUT2D eigenvalue weighted by Crippen LogP contribution is 2.28. The molecule has 0 aromatic heterocycles. The minimum absolute atomic E-state index is 0.0113. The summed E-state index contributed by atoms with van der Waals surface area (Å²) in [6.45, 7) is 1.50. The largest absolute Gasteiger partial charge is 0.506 e. The molecule has 0 fully saturated rings. The van der Waals surface area contributed by atoms with E-state index in [0.29, 0.717) is 10.8 Å². The summed E-state index contributed by atoms with van der Waals surface area (Å²) in [6.07, 6.45) is -0.283. The topological polar surface area (TPSA) is 110 Å². The molecule has 0 unspecified atom stereocenters. The van der Waals surface area contributed by atoms with Crippen LogP contribution in [0.4, 0.5) is 5.69 Å². The van der Waals surface area contributed by atoms with Crippen molar-refractivity contribution < 1.29 is 27.9 Å². The molecule has 150 valence electrons. The Morgan fingerprint density at radius 1 is 1.14 bits per heavy atom. The zero-order chi connectivity index (χ0) is 20.9. The third-order valence-corrected chi connectivity index (χ3v) is 5.99. The molecule has 7 nitrogen and oxygen atoms in total. The fourth-order valence-electron chi connectivity index (χ4n) is 2.45. The van der Waals surface area contributed by atoms with Gasteiger partial charge in [-0.3, -0.25) is 9.59 Å². The second kappa shape index (κ2) is 9.07. The molecule has 9 heteroatoms. The molecule has 2 aromatic carbocycles. The molecule has 0 spiro atoms. The van der Waals surface area contributed by atoms with Gasteiger partial charge in [0.25, 0.3) is 0 Å². The summed E-state index contributed by atoms with van der Waals surface area (Å²) >= 11 is 5.90. The number of phenolic OH excluding ortho intramolecular Hbond substituents is 1. The maximum atomic E-state index is 12.4. The van der Waals surface area contributed by atoms with Gasteiger partial charge in [0.05, 0.1) is 29.0 Å². The number of amides is 1. The number of Topliss-reactive ketones (excluding diaryl/α,β-unsaturated/α-hetero) is 1. The van der Waals surface area contributed by atoms with Gasteiger partial charge in [-0.25, -0.2) is 8.42 Å². The van der Waals surface area contributed by atoms with Crippen molar-refractivity contribution in [3.05, 3.63) is 47.0 Å². The fraction of sp³-hybridized carbons (Fsp3) is 0.263. The van der Waals surface area contributed by atoms with Crippen molar-refractivity contribution in [2.45, 2.75) is 24.7 Å². The number of ketones is 1. The van der Waals surface area contributed by atoms with E-state index < -0.39 is 15.7 Å². The molecule has 0 bridgehead atoms. The SMILES string of the molecule is CCS(=O)(=O)c1ccc(O)c(NC(=O)CCC(=O)c2cc(Cl)ccc2OC)c1. The van der Waals surface area contributed by atoms with Crippen molar-refractivity contribution in [3.63, 3.8) is 0 Å². The van der Waals surface area contributed by atoms with Crippen LogP contribution in [0.25, 0.3) is 0 Å². The predicted molar refractivity (Wildman–Crippen MR) is 106 cm³/mol. The van der Waals surface area contributed by atoms with Gasteiger partial charge in [-0.2, -0.15) is 0 Å². The Labute approximate surface area is 168 Å². The molecule has 0 saturated carbocycles. The summed E-state index contributed by atoms with van der Waals surface area (Å²) in [5.74, 6) is -0.908. The number of sulfone groups is 1. The van der Waals surface area contributed by atoms with Crippen LogP contribution in [0.3, 0.4) is 0 Å². The lowest BCUT2D eigenvalue weighted by Crippen LogP contribution is -2.14. The van der Waals surface area contributed by atoms with Gasteiger partial charge in [0.15, 0.2) is 15.6 Å². The molecular formula is C19H20ClNO6S. The van der Waals surface area contributed by atoms with Gasteiger partial charge in [0, 0.05) is 17.9 Å². The molecular weight excluding hydrogens is 406 g/mol. The van der Waals surface area contributed by atoms with Gasteiger partial charge in [0.1, 0.15) is 11.5 Å². The van der Waals surface area contributed by atoms with Crippen LogP contribution in [0, 0.1) is 0 Å². The number of rotatable bonds is 8. The standard InChI is InChI=1S/C19H20ClNO6S/c1-3-28(25,26)13-5-6-17(23)15(11-13)21-19(24)9-7-16(22)14-10-12(20)4-8-18(14)27-2/h4-6,8,10-11,23H,3,7,9H2,1-2H3,(H,21,24). The second-order valence-electron chi connectivity index (χ2n) is 5.90. The molecule has 0 heterocycles. The summed E-state index contributed by atoms with van der Waals surface area (Å²) in [5.41, 5.74) is 0.231. The fourth-order valence-corrected chi connectivity index (χ4v) is 3.53. The Hall–Kier alpha value is -2.58. The van der Waals surface area contributed by atoms with Crippen molar-refractivity contribution in [1.82, 2.24) is 0 Å². The van der Waals surface area contributed by atoms with Gasteiger partial charge in [0.2, 0.25) is 5.91 Å². The highest BCUT2D eigenvalue weighted by Gasteiger charge is 2.17. The molecule has 2 aromatic rings.